The van der Waals surface area contributed by atoms with Crippen LogP contribution >= 0.6 is 11.6 Å². The van der Waals surface area contributed by atoms with Crippen molar-refractivity contribution < 1.29 is 17.9 Å². The number of hydrogen-bond donors (Lipinski definition) is 1. The summed E-state index contributed by atoms with van der Waals surface area (Å²) < 4.78 is 31.9. The Morgan fingerprint density at radius 2 is 1.83 bits per heavy atom. The third kappa shape index (κ3) is 6.12. The Morgan fingerprint density at radius 1 is 1.20 bits per heavy atom. The van der Waals surface area contributed by atoms with E-state index in [9.17, 15) is 13.2 Å². The lowest BCUT2D eigenvalue weighted by atomic mass is 9.94. The van der Waals surface area contributed by atoms with E-state index in [1.165, 1.54) is 13.2 Å². The summed E-state index contributed by atoms with van der Waals surface area (Å²) in [6.45, 7) is 5.59. The number of carbonyl (C=O) groups is 1. The number of carbonyl (C=O) groups excluding carboxylic acids is 1. The zero-order valence-corrected chi connectivity index (χ0v) is 19.5. The third-order valence-electron chi connectivity index (χ3n) is 4.66. The zero-order chi connectivity index (χ0) is 22.5. The van der Waals surface area contributed by atoms with E-state index in [4.69, 9.17) is 16.3 Å². The van der Waals surface area contributed by atoms with Gasteiger partial charge in [-0.2, -0.15) is 0 Å². The van der Waals surface area contributed by atoms with Crippen LogP contribution in [-0.2, 0) is 21.2 Å². The van der Waals surface area contributed by atoms with Gasteiger partial charge in [0.1, 0.15) is 11.8 Å². The van der Waals surface area contributed by atoms with Crippen molar-refractivity contribution in [1.29, 1.82) is 0 Å². The monoisotopic (exact) mass is 452 g/mol. The number of anilines is 1. The second-order valence-corrected chi connectivity index (χ2v) is 10.1. The number of sulfonamides is 1. The summed E-state index contributed by atoms with van der Waals surface area (Å²) in [5.74, 6) is -0.0643. The van der Waals surface area contributed by atoms with Gasteiger partial charge in [0.05, 0.1) is 19.1 Å². The van der Waals surface area contributed by atoms with E-state index < -0.39 is 21.6 Å². The minimum Gasteiger partial charge on any atom is -0.495 e. The van der Waals surface area contributed by atoms with E-state index in [0.717, 1.165) is 16.1 Å². The molecule has 30 heavy (non-hydrogen) atoms. The fourth-order valence-electron chi connectivity index (χ4n) is 3.44. The molecule has 0 aromatic heterocycles. The van der Waals surface area contributed by atoms with Gasteiger partial charge in [0.15, 0.2) is 0 Å². The van der Waals surface area contributed by atoms with Crippen LogP contribution in [0.15, 0.2) is 48.5 Å². The smallest absolute Gasteiger partial charge is 0.244 e. The number of ether oxygens (including phenoxy) is 1. The summed E-state index contributed by atoms with van der Waals surface area (Å²) in [7, 11) is -2.36. The van der Waals surface area contributed by atoms with Crippen molar-refractivity contribution in [1.82, 2.24) is 5.32 Å². The molecule has 0 heterocycles. The largest absolute Gasteiger partial charge is 0.495 e. The number of benzene rings is 2. The van der Waals surface area contributed by atoms with Gasteiger partial charge < -0.3 is 10.1 Å². The lowest BCUT2D eigenvalue weighted by Gasteiger charge is -2.34. The molecular formula is C22H29ClN2O4S. The van der Waals surface area contributed by atoms with Gasteiger partial charge >= 0.3 is 0 Å². The van der Waals surface area contributed by atoms with Crippen LogP contribution in [0.2, 0.25) is 5.02 Å². The van der Waals surface area contributed by atoms with Gasteiger partial charge in [0, 0.05) is 10.6 Å². The summed E-state index contributed by atoms with van der Waals surface area (Å²) >= 11 is 6.11. The maximum atomic E-state index is 13.2. The summed E-state index contributed by atoms with van der Waals surface area (Å²) in [6.07, 6.45) is 1.95. The molecule has 2 rings (SSSR count). The molecule has 1 amide bonds. The number of amides is 1. The molecule has 0 saturated heterocycles. The molecule has 1 atom stereocenters. The predicted molar refractivity (Wildman–Crippen MR) is 122 cm³/mol. The summed E-state index contributed by atoms with van der Waals surface area (Å²) in [5, 5.41) is 3.36. The van der Waals surface area contributed by atoms with Gasteiger partial charge in [-0.05, 0) is 50.5 Å². The molecule has 2 aromatic carbocycles. The Hall–Kier alpha value is -2.25. The van der Waals surface area contributed by atoms with E-state index in [-0.39, 0.29) is 18.0 Å². The quantitative estimate of drug-likeness (QED) is 0.623. The molecule has 6 nitrogen and oxygen atoms in total. The molecule has 0 aliphatic heterocycles. The lowest BCUT2D eigenvalue weighted by molar-refractivity contribution is -0.123. The van der Waals surface area contributed by atoms with Gasteiger partial charge in [-0.25, -0.2) is 8.42 Å². The second kappa shape index (κ2) is 9.71. The van der Waals surface area contributed by atoms with Crippen LogP contribution in [0.25, 0.3) is 0 Å². The normalized spacial score (nSPS) is 12.9. The first-order chi connectivity index (χ1) is 14.0. The molecule has 0 unspecified atom stereocenters. The Bertz CT molecular complexity index is 978. The van der Waals surface area contributed by atoms with Crippen LogP contribution < -0.4 is 14.4 Å². The first kappa shape index (κ1) is 24.0. The summed E-state index contributed by atoms with van der Waals surface area (Å²) in [6, 6.07) is 13.5. The van der Waals surface area contributed by atoms with Crippen molar-refractivity contribution in [3.8, 4) is 5.75 Å². The fraction of sp³-hybridized carbons (Fsp3) is 0.409. The van der Waals surface area contributed by atoms with Crippen molar-refractivity contribution in [2.75, 3.05) is 17.7 Å². The summed E-state index contributed by atoms with van der Waals surface area (Å²) in [4.78, 5) is 13.2. The standard InChI is InChI=1S/C22H29ClN2O4S/c1-6-18(21(26)24-22(2,3)15-16-10-8-7-9-11-16)25(30(5,27)28)19-14-17(23)12-13-20(19)29-4/h7-14,18H,6,15H2,1-5H3,(H,24,26)/t18-/m0/s1. The van der Waals surface area contributed by atoms with Gasteiger partial charge in [-0.3, -0.25) is 9.10 Å². The van der Waals surface area contributed by atoms with Gasteiger partial charge in [0.25, 0.3) is 0 Å². The van der Waals surface area contributed by atoms with Gasteiger partial charge in [-0.15, -0.1) is 0 Å². The molecule has 0 saturated carbocycles. The van der Waals surface area contributed by atoms with E-state index in [0.29, 0.717) is 17.2 Å². The molecule has 0 spiro atoms. The average molecular weight is 453 g/mol. The Balaban J connectivity index is 2.38. The Kier molecular flexibility index (Phi) is 7.77. The number of rotatable bonds is 9. The van der Waals surface area contributed by atoms with E-state index in [2.05, 4.69) is 5.32 Å². The highest BCUT2D eigenvalue weighted by molar-refractivity contribution is 7.92. The molecule has 0 fully saturated rings. The molecule has 0 aliphatic carbocycles. The lowest BCUT2D eigenvalue weighted by Crippen LogP contribution is -2.55. The van der Waals surface area contributed by atoms with Crippen LogP contribution in [-0.4, -0.2) is 39.3 Å². The van der Waals surface area contributed by atoms with Crippen molar-refractivity contribution in [3.05, 3.63) is 59.1 Å². The first-order valence-electron chi connectivity index (χ1n) is 9.67. The van der Waals surface area contributed by atoms with Crippen LogP contribution in [0.3, 0.4) is 0 Å². The van der Waals surface area contributed by atoms with Crippen LogP contribution in [0, 0.1) is 0 Å². The van der Waals surface area contributed by atoms with Crippen LogP contribution in [0.5, 0.6) is 5.75 Å². The molecule has 8 heteroatoms. The minimum atomic E-state index is -3.80. The highest BCUT2D eigenvalue weighted by atomic mass is 35.5. The molecule has 0 aliphatic rings. The van der Waals surface area contributed by atoms with E-state index >= 15 is 0 Å². The average Bonchev–Trinajstić information content (AvgIpc) is 2.64. The summed E-state index contributed by atoms with van der Waals surface area (Å²) in [5.41, 5.74) is 0.732. The maximum Gasteiger partial charge on any atom is 0.244 e. The fourth-order valence-corrected chi connectivity index (χ4v) is 4.81. The first-order valence-corrected chi connectivity index (χ1v) is 11.9. The zero-order valence-electron chi connectivity index (χ0n) is 18.0. The van der Waals surface area contributed by atoms with Crippen molar-refractivity contribution in [2.24, 2.45) is 0 Å². The number of methoxy groups -OCH3 is 1. The van der Waals surface area contributed by atoms with Gasteiger partial charge in [0.2, 0.25) is 15.9 Å². The topological polar surface area (TPSA) is 75.7 Å². The molecule has 164 valence electrons. The molecular weight excluding hydrogens is 424 g/mol. The highest BCUT2D eigenvalue weighted by Gasteiger charge is 2.35. The van der Waals surface area contributed by atoms with Crippen LogP contribution in [0.4, 0.5) is 5.69 Å². The number of hydrogen-bond acceptors (Lipinski definition) is 4. The number of nitrogens with zero attached hydrogens (tertiary/aromatic N) is 1. The Morgan fingerprint density at radius 3 is 2.37 bits per heavy atom. The Labute approximate surface area is 184 Å². The van der Waals surface area contributed by atoms with Gasteiger partial charge in [-0.1, -0.05) is 48.9 Å². The van der Waals surface area contributed by atoms with Crippen molar-refractivity contribution >= 4 is 33.2 Å². The number of nitrogens with one attached hydrogen (secondary N) is 1. The van der Waals surface area contributed by atoms with Crippen molar-refractivity contribution in [3.63, 3.8) is 0 Å². The molecule has 1 N–H and O–H groups in total. The third-order valence-corrected chi connectivity index (χ3v) is 6.06. The van der Waals surface area contributed by atoms with Crippen molar-refractivity contribution in [2.45, 2.75) is 45.2 Å². The SMILES string of the molecule is CC[C@@H](C(=O)NC(C)(C)Cc1ccccc1)N(c1cc(Cl)ccc1OC)S(C)(=O)=O. The second-order valence-electron chi connectivity index (χ2n) is 7.83. The van der Waals surface area contributed by atoms with Crippen LogP contribution in [0.1, 0.15) is 32.8 Å². The predicted octanol–water partition coefficient (Wildman–Crippen LogP) is 4.03. The number of halogens is 1. The molecule has 0 bridgehead atoms. The van der Waals surface area contributed by atoms with E-state index in [1.54, 1.807) is 19.1 Å². The molecule has 2 aromatic rings. The molecule has 0 radical (unpaired) electrons. The highest BCUT2D eigenvalue weighted by Crippen LogP contribution is 2.35. The minimum absolute atomic E-state index is 0.232. The maximum absolute atomic E-state index is 13.2. The van der Waals surface area contributed by atoms with E-state index in [1.807, 2.05) is 44.2 Å².